The van der Waals surface area contributed by atoms with Crippen molar-refractivity contribution in [2.24, 2.45) is 0 Å². The topological polar surface area (TPSA) is 29.9 Å². The minimum absolute atomic E-state index is 0.739. The quantitative estimate of drug-likeness (QED) is 0.775. The van der Waals surface area contributed by atoms with Gasteiger partial charge in [-0.05, 0) is 30.0 Å². The first-order valence-electron chi connectivity index (χ1n) is 7.61. The van der Waals surface area contributed by atoms with Gasteiger partial charge in [-0.15, -0.1) is 0 Å². The van der Waals surface area contributed by atoms with Gasteiger partial charge >= 0.3 is 0 Å². The minimum atomic E-state index is 0.739. The number of fused-ring (bicyclic) bond motifs is 1. The molecule has 0 unspecified atom stereocenters. The molecule has 1 heterocycles. The molecule has 1 N–H and O–H groups in total. The predicted octanol–water partition coefficient (Wildman–Crippen LogP) is 3.34. The maximum atomic E-state index is 4.54. The van der Waals surface area contributed by atoms with E-state index in [1.807, 2.05) is 6.20 Å². The zero-order valence-corrected chi connectivity index (χ0v) is 12.0. The summed E-state index contributed by atoms with van der Waals surface area (Å²) in [5, 5.41) is 9.34. The summed E-state index contributed by atoms with van der Waals surface area (Å²) in [5.74, 6) is 0. The van der Waals surface area contributed by atoms with Crippen molar-refractivity contribution in [3.05, 3.63) is 65.9 Å². The lowest BCUT2D eigenvalue weighted by Gasteiger charge is -2.11. The van der Waals surface area contributed by atoms with Gasteiger partial charge in [0.2, 0.25) is 0 Å². The molecule has 3 nitrogen and oxygen atoms in total. The molecule has 1 aliphatic carbocycles. The number of nitrogens with zero attached hydrogens (tertiary/aromatic N) is 2. The van der Waals surface area contributed by atoms with Gasteiger partial charge in [0, 0.05) is 18.0 Å². The number of para-hydroxylation sites is 1. The SMILES string of the molecule is c1ccc(Cn2ncc3ccccc32)c(CNC2CC2)c1. The maximum Gasteiger partial charge on any atom is 0.0686 e. The van der Waals surface area contributed by atoms with Gasteiger partial charge in [-0.3, -0.25) is 4.68 Å². The number of hydrogen-bond donors (Lipinski definition) is 1. The van der Waals surface area contributed by atoms with Crippen LogP contribution in [0.1, 0.15) is 24.0 Å². The number of nitrogens with one attached hydrogen (secondary N) is 1. The molecule has 0 bridgehead atoms. The second-order valence-corrected chi connectivity index (χ2v) is 5.78. The standard InChI is InChI=1S/C18H19N3/c1-2-7-16(14(5-1)11-19-17-9-10-17)13-21-18-8-4-3-6-15(18)12-20-21/h1-8,12,17,19H,9-11,13H2. The van der Waals surface area contributed by atoms with Crippen LogP contribution < -0.4 is 5.32 Å². The van der Waals surface area contributed by atoms with Crippen LogP contribution in [0.3, 0.4) is 0 Å². The van der Waals surface area contributed by atoms with Gasteiger partial charge in [-0.25, -0.2) is 0 Å². The van der Waals surface area contributed by atoms with E-state index in [1.54, 1.807) is 0 Å². The van der Waals surface area contributed by atoms with Crippen molar-refractivity contribution < 1.29 is 0 Å². The lowest BCUT2D eigenvalue weighted by Crippen LogP contribution is -2.17. The molecule has 0 radical (unpaired) electrons. The first-order valence-corrected chi connectivity index (χ1v) is 7.61. The van der Waals surface area contributed by atoms with E-state index in [1.165, 1.54) is 34.9 Å². The summed E-state index contributed by atoms with van der Waals surface area (Å²) in [6.07, 6.45) is 4.60. The number of hydrogen-bond acceptors (Lipinski definition) is 2. The third-order valence-corrected chi connectivity index (χ3v) is 4.15. The molecule has 1 saturated carbocycles. The Morgan fingerprint density at radius 1 is 1.00 bits per heavy atom. The van der Waals surface area contributed by atoms with Crippen molar-refractivity contribution in [1.82, 2.24) is 15.1 Å². The van der Waals surface area contributed by atoms with Crippen molar-refractivity contribution in [2.45, 2.75) is 32.0 Å². The van der Waals surface area contributed by atoms with E-state index in [4.69, 9.17) is 0 Å². The Balaban J connectivity index is 1.61. The second kappa shape index (κ2) is 5.34. The molecule has 0 saturated heterocycles. The largest absolute Gasteiger partial charge is 0.310 e. The maximum absolute atomic E-state index is 4.54. The van der Waals surface area contributed by atoms with Crippen molar-refractivity contribution in [1.29, 1.82) is 0 Å². The molecular formula is C18H19N3. The molecule has 1 fully saturated rings. The number of benzene rings is 2. The van der Waals surface area contributed by atoms with Crippen molar-refractivity contribution in [3.63, 3.8) is 0 Å². The first-order chi connectivity index (χ1) is 10.4. The van der Waals surface area contributed by atoms with E-state index in [0.717, 1.165) is 19.1 Å². The fourth-order valence-electron chi connectivity index (χ4n) is 2.74. The van der Waals surface area contributed by atoms with Gasteiger partial charge in [0.1, 0.15) is 0 Å². The lowest BCUT2D eigenvalue weighted by atomic mass is 10.1. The van der Waals surface area contributed by atoms with Crippen LogP contribution in [0.2, 0.25) is 0 Å². The average Bonchev–Trinajstić information content (AvgIpc) is 3.27. The molecule has 1 aromatic heterocycles. The van der Waals surface area contributed by atoms with Crippen LogP contribution in [0, 0.1) is 0 Å². The zero-order valence-electron chi connectivity index (χ0n) is 12.0. The summed E-state index contributed by atoms with van der Waals surface area (Å²) < 4.78 is 2.09. The molecule has 1 aliphatic rings. The highest BCUT2D eigenvalue weighted by Gasteiger charge is 2.20. The van der Waals surface area contributed by atoms with Crippen molar-refractivity contribution in [3.8, 4) is 0 Å². The molecule has 3 aromatic rings. The molecule has 4 rings (SSSR count). The van der Waals surface area contributed by atoms with Gasteiger partial charge in [-0.1, -0.05) is 42.5 Å². The normalized spacial score (nSPS) is 14.7. The summed E-state index contributed by atoms with van der Waals surface area (Å²) in [6.45, 7) is 1.79. The Labute approximate surface area is 124 Å². The lowest BCUT2D eigenvalue weighted by molar-refractivity contribution is 0.663. The van der Waals surface area contributed by atoms with Crippen LogP contribution in [0.4, 0.5) is 0 Å². The van der Waals surface area contributed by atoms with Gasteiger partial charge in [0.25, 0.3) is 0 Å². The summed E-state index contributed by atoms with van der Waals surface area (Å²) >= 11 is 0. The average molecular weight is 277 g/mol. The highest BCUT2D eigenvalue weighted by molar-refractivity contribution is 5.78. The summed E-state index contributed by atoms with van der Waals surface area (Å²) in [5.41, 5.74) is 3.92. The fourth-order valence-corrected chi connectivity index (χ4v) is 2.74. The van der Waals surface area contributed by atoms with E-state index >= 15 is 0 Å². The van der Waals surface area contributed by atoms with Crippen LogP contribution in [-0.2, 0) is 13.1 Å². The van der Waals surface area contributed by atoms with E-state index < -0.39 is 0 Å². The van der Waals surface area contributed by atoms with Crippen LogP contribution in [0.5, 0.6) is 0 Å². The van der Waals surface area contributed by atoms with Crippen LogP contribution >= 0.6 is 0 Å². The van der Waals surface area contributed by atoms with E-state index in [0.29, 0.717) is 0 Å². The van der Waals surface area contributed by atoms with Gasteiger partial charge in [0.05, 0.1) is 18.3 Å². The smallest absolute Gasteiger partial charge is 0.0686 e. The third-order valence-electron chi connectivity index (χ3n) is 4.15. The van der Waals surface area contributed by atoms with Crippen molar-refractivity contribution in [2.75, 3.05) is 0 Å². The summed E-state index contributed by atoms with van der Waals surface area (Å²) in [7, 11) is 0. The Kier molecular flexibility index (Phi) is 3.20. The molecule has 0 aliphatic heterocycles. The fraction of sp³-hybridized carbons (Fsp3) is 0.278. The Morgan fingerprint density at radius 3 is 2.62 bits per heavy atom. The Bertz CT molecular complexity index is 756. The van der Waals surface area contributed by atoms with Crippen LogP contribution in [-0.4, -0.2) is 15.8 Å². The minimum Gasteiger partial charge on any atom is -0.310 e. The van der Waals surface area contributed by atoms with Crippen LogP contribution in [0.15, 0.2) is 54.7 Å². The zero-order chi connectivity index (χ0) is 14.1. The molecule has 2 aromatic carbocycles. The number of aromatic nitrogens is 2. The van der Waals surface area contributed by atoms with E-state index in [2.05, 4.69) is 63.6 Å². The van der Waals surface area contributed by atoms with Gasteiger partial charge in [-0.2, -0.15) is 5.10 Å². The number of rotatable bonds is 5. The van der Waals surface area contributed by atoms with Crippen molar-refractivity contribution >= 4 is 10.9 Å². The molecule has 21 heavy (non-hydrogen) atoms. The predicted molar refractivity (Wildman–Crippen MR) is 85.1 cm³/mol. The molecule has 106 valence electrons. The molecule has 0 atom stereocenters. The third kappa shape index (κ3) is 2.69. The molecular weight excluding hydrogens is 258 g/mol. The molecule has 3 heteroatoms. The highest BCUT2D eigenvalue weighted by atomic mass is 15.3. The van der Waals surface area contributed by atoms with Gasteiger partial charge in [0.15, 0.2) is 0 Å². The molecule has 0 amide bonds. The van der Waals surface area contributed by atoms with Gasteiger partial charge < -0.3 is 5.32 Å². The summed E-state index contributed by atoms with van der Waals surface area (Å²) in [6, 6.07) is 17.8. The molecule has 0 spiro atoms. The Hall–Kier alpha value is -2.13. The van der Waals surface area contributed by atoms with Crippen LogP contribution in [0.25, 0.3) is 10.9 Å². The summed E-state index contributed by atoms with van der Waals surface area (Å²) in [4.78, 5) is 0. The monoisotopic (exact) mass is 277 g/mol. The second-order valence-electron chi connectivity index (χ2n) is 5.78. The highest BCUT2D eigenvalue weighted by Crippen LogP contribution is 2.21. The van der Waals surface area contributed by atoms with E-state index in [9.17, 15) is 0 Å². The Morgan fingerprint density at radius 2 is 1.76 bits per heavy atom. The first kappa shape index (κ1) is 12.6. The van der Waals surface area contributed by atoms with E-state index in [-0.39, 0.29) is 0 Å².